The molecule has 5 rings (SSSR count). The molecule has 3 unspecified atom stereocenters. The number of carbonyl (C=O) groups is 1. The number of carbonyl (C=O) groups excluding carboxylic acids is 1. The number of nitrogens with one attached hydrogen (secondary N) is 2. The summed E-state index contributed by atoms with van der Waals surface area (Å²) in [6.45, 7) is 0.975. The number of hydrogen-bond donors (Lipinski definition) is 2. The third-order valence-electron chi connectivity index (χ3n) is 6.68. The molecule has 3 aliphatic rings. The minimum Gasteiger partial charge on any atom is -0.325 e. The molecule has 1 aromatic carbocycles. The molecule has 1 saturated carbocycles. The van der Waals surface area contributed by atoms with Crippen molar-refractivity contribution in [3.05, 3.63) is 30.1 Å². The van der Waals surface area contributed by atoms with Crippen molar-refractivity contribution >= 4 is 11.6 Å². The van der Waals surface area contributed by atoms with Crippen LogP contribution in [0.1, 0.15) is 57.2 Å². The molecule has 6 nitrogen and oxygen atoms in total. The zero-order valence-corrected chi connectivity index (χ0v) is 16.4. The summed E-state index contributed by atoms with van der Waals surface area (Å²) in [6.07, 6.45) is 10.6. The van der Waals surface area contributed by atoms with E-state index in [1.807, 2.05) is 18.2 Å². The van der Waals surface area contributed by atoms with E-state index in [-0.39, 0.29) is 11.9 Å². The Labute approximate surface area is 166 Å². The number of amides is 1. The van der Waals surface area contributed by atoms with Gasteiger partial charge in [-0.2, -0.15) is 0 Å². The van der Waals surface area contributed by atoms with Gasteiger partial charge in [-0.25, -0.2) is 0 Å². The highest BCUT2D eigenvalue weighted by Crippen LogP contribution is 2.33. The monoisotopic (exact) mass is 379 g/mol. The van der Waals surface area contributed by atoms with E-state index in [9.17, 15) is 4.79 Å². The van der Waals surface area contributed by atoms with Crippen molar-refractivity contribution in [3.8, 4) is 11.4 Å². The van der Waals surface area contributed by atoms with Gasteiger partial charge in [-0.3, -0.25) is 4.79 Å². The van der Waals surface area contributed by atoms with Crippen molar-refractivity contribution in [2.45, 2.75) is 76.4 Å². The lowest BCUT2D eigenvalue weighted by Gasteiger charge is -2.24. The van der Waals surface area contributed by atoms with Gasteiger partial charge in [-0.1, -0.05) is 31.4 Å². The van der Waals surface area contributed by atoms with E-state index >= 15 is 0 Å². The lowest BCUT2D eigenvalue weighted by molar-refractivity contribution is -0.117. The SMILES string of the molecule is O=C(Nc1cccc(-c2nnc3n2CCCCC3)c1)C1CC2CCCCC2N1. The van der Waals surface area contributed by atoms with Crippen LogP contribution in [0.15, 0.2) is 24.3 Å². The lowest BCUT2D eigenvalue weighted by Crippen LogP contribution is -2.39. The van der Waals surface area contributed by atoms with Crippen LogP contribution in [0, 0.1) is 5.92 Å². The average Bonchev–Trinajstić information content (AvgIpc) is 3.26. The first-order valence-electron chi connectivity index (χ1n) is 10.9. The third kappa shape index (κ3) is 3.46. The van der Waals surface area contributed by atoms with Crippen molar-refractivity contribution < 1.29 is 4.79 Å². The topological polar surface area (TPSA) is 71.8 Å². The Kier molecular flexibility index (Phi) is 4.89. The van der Waals surface area contributed by atoms with Crippen LogP contribution in [0.5, 0.6) is 0 Å². The highest BCUT2D eigenvalue weighted by Gasteiger charge is 2.38. The second-order valence-electron chi connectivity index (χ2n) is 8.58. The Hall–Kier alpha value is -2.21. The maximum atomic E-state index is 12.8. The first kappa shape index (κ1) is 17.9. The molecule has 1 amide bonds. The summed E-state index contributed by atoms with van der Waals surface area (Å²) in [5, 5.41) is 15.5. The van der Waals surface area contributed by atoms with Crippen LogP contribution in [0.3, 0.4) is 0 Å². The van der Waals surface area contributed by atoms with Crippen LogP contribution in [0.2, 0.25) is 0 Å². The quantitative estimate of drug-likeness (QED) is 0.856. The summed E-state index contributed by atoms with van der Waals surface area (Å²) < 4.78 is 2.25. The predicted octanol–water partition coefficient (Wildman–Crippen LogP) is 3.53. The van der Waals surface area contributed by atoms with Crippen LogP contribution < -0.4 is 10.6 Å². The molecule has 3 atom stereocenters. The van der Waals surface area contributed by atoms with Crippen LogP contribution >= 0.6 is 0 Å². The molecule has 2 fully saturated rings. The van der Waals surface area contributed by atoms with Crippen LogP contribution in [-0.4, -0.2) is 32.8 Å². The summed E-state index contributed by atoms with van der Waals surface area (Å²) in [6, 6.07) is 8.50. The molecule has 1 aromatic heterocycles. The van der Waals surface area contributed by atoms with E-state index < -0.39 is 0 Å². The Bertz CT molecular complexity index is 846. The molecule has 2 N–H and O–H groups in total. The maximum Gasteiger partial charge on any atom is 0.241 e. The lowest BCUT2D eigenvalue weighted by atomic mass is 9.85. The number of aromatic nitrogens is 3. The van der Waals surface area contributed by atoms with E-state index in [0.29, 0.717) is 12.0 Å². The predicted molar refractivity (Wildman–Crippen MR) is 109 cm³/mol. The van der Waals surface area contributed by atoms with Gasteiger partial charge in [-0.15, -0.1) is 10.2 Å². The van der Waals surface area contributed by atoms with Crippen molar-refractivity contribution in [2.75, 3.05) is 5.32 Å². The number of nitrogens with zero attached hydrogens (tertiary/aromatic N) is 3. The Morgan fingerprint density at radius 1 is 1.11 bits per heavy atom. The second kappa shape index (κ2) is 7.66. The van der Waals surface area contributed by atoms with Gasteiger partial charge in [0.05, 0.1) is 6.04 Å². The molecule has 148 valence electrons. The fourth-order valence-electron chi connectivity index (χ4n) is 5.19. The normalized spacial score (nSPS) is 26.9. The molecule has 2 aliphatic heterocycles. The van der Waals surface area contributed by atoms with Crippen molar-refractivity contribution in [1.82, 2.24) is 20.1 Å². The van der Waals surface area contributed by atoms with E-state index in [0.717, 1.165) is 42.3 Å². The van der Waals surface area contributed by atoms with E-state index in [4.69, 9.17) is 0 Å². The van der Waals surface area contributed by atoms with Crippen LogP contribution in [0.25, 0.3) is 11.4 Å². The average molecular weight is 380 g/mol. The molecule has 0 spiro atoms. The maximum absolute atomic E-state index is 12.8. The van der Waals surface area contributed by atoms with Gasteiger partial charge in [0.2, 0.25) is 5.91 Å². The van der Waals surface area contributed by atoms with Crippen molar-refractivity contribution in [2.24, 2.45) is 5.92 Å². The first-order valence-corrected chi connectivity index (χ1v) is 10.9. The number of benzene rings is 1. The minimum absolute atomic E-state index is 0.0684. The van der Waals surface area contributed by atoms with Gasteiger partial charge in [0, 0.05) is 30.3 Å². The van der Waals surface area contributed by atoms with Crippen LogP contribution in [-0.2, 0) is 17.8 Å². The van der Waals surface area contributed by atoms with E-state index in [1.54, 1.807) is 0 Å². The van der Waals surface area contributed by atoms with Gasteiger partial charge < -0.3 is 15.2 Å². The van der Waals surface area contributed by atoms with Crippen molar-refractivity contribution in [1.29, 1.82) is 0 Å². The fraction of sp³-hybridized carbons (Fsp3) is 0.591. The largest absolute Gasteiger partial charge is 0.325 e. The molecule has 6 heteroatoms. The smallest absolute Gasteiger partial charge is 0.241 e. The fourth-order valence-corrected chi connectivity index (χ4v) is 5.19. The van der Waals surface area contributed by atoms with Gasteiger partial charge in [0.15, 0.2) is 5.82 Å². The first-order chi connectivity index (χ1) is 13.8. The second-order valence-corrected chi connectivity index (χ2v) is 8.58. The highest BCUT2D eigenvalue weighted by molar-refractivity contribution is 5.95. The number of rotatable bonds is 3. The number of fused-ring (bicyclic) bond motifs is 2. The Morgan fingerprint density at radius 3 is 2.96 bits per heavy atom. The van der Waals surface area contributed by atoms with Gasteiger partial charge in [-0.05, 0) is 50.2 Å². The van der Waals surface area contributed by atoms with Gasteiger partial charge >= 0.3 is 0 Å². The number of anilines is 1. The molecule has 2 aromatic rings. The molecule has 0 radical (unpaired) electrons. The van der Waals surface area contributed by atoms with Gasteiger partial charge in [0.25, 0.3) is 0 Å². The third-order valence-corrected chi connectivity index (χ3v) is 6.68. The van der Waals surface area contributed by atoms with Crippen molar-refractivity contribution in [3.63, 3.8) is 0 Å². The zero-order chi connectivity index (χ0) is 18.9. The molecule has 3 heterocycles. The van der Waals surface area contributed by atoms with Gasteiger partial charge in [0.1, 0.15) is 5.82 Å². The molecule has 1 saturated heterocycles. The summed E-state index contributed by atoms with van der Waals surface area (Å²) >= 11 is 0. The Morgan fingerprint density at radius 2 is 2.04 bits per heavy atom. The standard InChI is InChI=1S/C22H29N5O/c28-22(19-14-15-7-3-4-10-18(15)24-19)23-17-9-6-8-16(13-17)21-26-25-20-11-2-1-5-12-27(20)21/h6,8-9,13,15,18-19,24H,1-5,7,10-12,14H2,(H,23,28). The zero-order valence-electron chi connectivity index (χ0n) is 16.4. The molecule has 1 aliphatic carbocycles. The Balaban J connectivity index is 1.31. The summed E-state index contributed by atoms with van der Waals surface area (Å²) in [5.41, 5.74) is 1.86. The number of aryl methyl sites for hydroxylation is 1. The molecule has 0 bridgehead atoms. The van der Waals surface area contributed by atoms with E-state index in [2.05, 4.69) is 31.5 Å². The van der Waals surface area contributed by atoms with Crippen LogP contribution in [0.4, 0.5) is 5.69 Å². The summed E-state index contributed by atoms with van der Waals surface area (Å²) in [7, 11) is 0. The highest BCUT2D eigenvalue weighted by atomic mass is 16.2. The summed E-state index contributed by atoms with van der Waals surface area (Å²) in [5.74, 6) is 2.76. The number of hydrogen-bond acceptors (Lipinski definition) is 4. The molecule has 28 heavy (non-hydrogen) atoms. The van der Waals surface area contributed by atoms with E-state index in [1.165, 1.54) is 44.9 Å². The minimum atomic E-state index is -0.0684. The summed E-state index contributed by atoms with van der Waals surface area (Å²) in [4.78, 5) is 12.8. The molecular formula is C22H29N5O. The molecular weight excluding hydrogens is 350 g/mol.